The van der Waals surface area contributed by atoms with Gasteiger partial charge < -0.3 is 29.7 Å². The summed E-state index contributed by atoms with van der Waals surface area (Å²) >= 11 is 0. The molecule has 8 heteroatoms. The number of urea groups is 1. The smallest absolute Gasteiger partial charge is 0.319 e. The van der Waals surface area contributed by atoms with Crippen molar-refractivity contribution >= 4 is 17.6 Å². The van der Waals surface area contributed by atoms with Crippen LogP contribution in [-0.2, 0) is 11.4 Å². The molecule has 3 amide bonds. The van der Waals surface area contributed by atoms with Gasteiger partial charge in [-0.25, -0.2) is 4.79 Å². The van der Waals surface area contributed by atoms with Crippen molar-refractivity contribution in [3.05, 3.63) is 48.0 Å². The highest BCUT2D eigenvalue weighted by atomic mass is 16.7. The summed E-state index contributed by atoms with van der Waals surface area (Å²) in [5, 5.41) is 5.95. The molecular weight excluding hydrogens is 434 g/mol. The number of carbonyl (C=O) groups is 2. The van der Waals surface area contributed by atoms with Crippen molar-refractivity contribution in [2.24, 2.45) is 5.92 Å². The molecular formula is C26H33N3O5. The van der Waals surface area contributed by atoms with Gasteiger partial charge >= 0.3 is 6.03 Å². The largest absolute Gasteiger partial charge is 0.489 e. The molecule has 2 aromatic rings. The SMILES string of the molecule is CCC(CC)C(=O)N1CCC(NC(=O)Nc2cccc(COc3ccc4c(c3)OCO4)c2)CC1. The fourth-order valence-corrected chi connectivity index (χ4v) is 4.37. The molecule has 0 aliphatic carbocycles. The quantitative estimate of drug-likeness (QED) is 0.595. The van der Waals surface area contributed by atoms with Crippen LogP contribution in [0.3, 0.4) is 0 Å². The number of anilines is 1. The zero-order valence-electron chi connectivity index (χ0n) is 19.8. The van der Waals surface area contributed by atoms with E-state index in [2.05, 4.69) is 24.5 Å². The minimum absolute atomic E-state index is 0.0586. The summed E-state index contributed by atoms with van der Waals surface area (Å²) in [5.74, 6) is 2.43. The van der Waals surface area contributed by atoms with Gasteiger partial charge in [0.15, 0.2) is 11.5 Å². The van der Waals surface area contributed by atoms with Crippen LogP contribution in [0.25, 0.3) is 0 Å². The van der Waals surface area contributed by atoms with Crippen LogP contribution in [-0.4, -0.2) is 42.8 Å². The number of fused-ring (bicyclic) bond motifs is 1. The fraction of sp³-hybridized carbons (Fsp3) is 0.462. The molecule has 8 nitrogen and oxygen atoms in total. The van der Waals surface area contributed by atoms with E-state index in [1.807, 2.05) is 41.3 Å². The van der Waals surface area contributed by atoms with Crippen molar-refractivity contribution in [1.29, 1.82) is 0 Å². The Bertz CT molecular complexity index is 1000. The number of carbonyl (C=O) groups excluding carboxylic acids is 2. The van der Waals surface area contributed by atoms with Crippen molar-refractivity contribution in [3.8, 4) is 17.2 Å². The molecule has 2 heterocycles. The summed E-state index contributed by atoms with van der Waals surface area (Å²) in [5.41, 5.74) is 1.63. The van der Waals surface area contributed by atoms with Gasteiger partial charge in [-0.15, -0.1) is 0 Å². The van der Waals surface area contributed by atoms with E-state index in [9.17, 15) is 9.59 Å². The maximum absolute atomic E-state index is 12.6. The van der Waals surface area contributed by atoms with Gasteiger partial charge in [-0.05, 0) is 55.5 Å². The Labute approximate surface area is 200 Å². The van der Waals surface area contributed by atoms with Crippen LogP contribution in [0, 0.1) is 5.92 Å². The van der Waals surface area contributed by atoms with Crippen LogP contribution >= 0.6 is 0 Å². The zero-order valence-corrected chi connectivity index (χ0v) is 19.8. The highest BCUT2D eigenvalue weighted by molar-refractivity contribution is 5.89. The van der Waals surface area contributed by atoms with Gasteiger partial charge in [-0.3, -0.25) is 4.79 Å². The van der Waals surface area contributed by atoms with E-state index in [4.69, 9.17) is 14.2 Å². The van der Waals surface area contributed by atoms with Gasteiger partial charge in [-0.1, -0.05) is 26.0 Å². The van der Waals surface area contributed by atoms with E-state index in [0.29, 0.717) is 42.6 Å². The molecule has 1 fully saturated rings. The Balaban J connectivity index is 1.23. The van der Waals surface area contributed by atoms with E-state index in [1.165, 1.54) is 0 Å². The standard InChI is InChI=1S/C26H33N3O5/c1-3-19(4-2)25(30)29-12-10-20(11-13-29)27-26(31)28-21-7-5-6-18(14-21)16-32-22-8-9-23-24(15-22)34-17-33-23/h5-9,14-15,19-20H,3-4,10-13,16-17H2,1-2H3,(H2,27,28,31). The van der Waals surface area contributed by atoms with Crippen molar-refractivity contribution in [3.63, 3.8) is 0 Å². The lowest BCUT2D eigenvalue weighted by molar-refractivity contribution is -0.136. The molecule has 1 saturated heterocycles. The topological polar surface area (TPSA) is 89.1 Å². The van der Waals surface area contributed by atoms with Gasteiger partial charge in [0, 0.05) is 36.8 Å². The van der Waals surface area contributed by atoms with Crippen molar-refractivity contribution in [1.82, 2.24) is 10.2 Å². The summed E-state index contributed by atoms with van der Waals surface area (Å²) in [6, 6.07) is 12.9. The number of likely N-dealkylation sites (tertiary alicyclic amines) is 1. The first-order valence-electron chi connectivity index (χ1n) is 12.0. The maximum atomic E-state index is 12.6. The fourth-order valence-electron chi connectivity index (χ4n) is 4.37. The van der Waals surface area contributed by atoms with Gasteiger partial charge in [-0.2, -0.15) is 0 Å². The lowest BCUT2D eigenvalue weighted by Gasteiger charge is -2.34. The number of hydrogen-bond acceptors (Lipinski definition) is 5. The minimum atomic E-state index is -0.237. The van der Waals surface area contributed by atoms with Crippen LogP contribution in [0.4, 0.5) is 10.5 Å². The average molecular weight is 468 g/mol. The molecule has 0 atom stereocenters. The highest BCUT2D eigenvalue weighted by Gasteiger charge is 2.27. The van der Waals surface area contributed by atoms with Gasteiger partial charge in [0.25, 0.3) is 0 Å². The number of piperidine rings is 1. The molecule has 182 valence electrons. The van der Waals surface area contributed by atoms with E-state index in [-0.39, 0.29) is 30.7 Å². The van der Waals surface area contributed by atoms with Crippen molar-refractivity contribution in [2.45, 2.75) is 52.2 Å². The van der Waals surface area contributed by atoms with Crippen molar-refractivity contribution < 1.29 is 23.8 Å². The number of amides is 3. The summed E-state index contributed by atoms with van der Waals surface area (Å²) < 4.78 is 16.6. The predicted molar refractivity (Wildman–Crippen MR) is 129 cm³/mol. The molecule has 4 rings (SSSR count). The lowest BCUT2D eigenvalue weighted by atomic mass is 9.98. The molecule has 0 bridgehead atoms. The van der Waals surface area contributed by atoms with E-state index in [1.54, 1.807) is 6.07 Å². The molecule has 2 aromatic carbocycles. The van der Waals surface area contributed by atoms with E-state index < -0.39 is 0 Å². The Morgan fingerprint density at radius 2 is 1.82 bits per heavy atom. The summed E-state index contributed by atoms with van der Waals surface area (Å²) in [6.45, 7) is 6.08. The monoisotopic (exact) mass is 467 g/mol. The molecule has 2 aliphatic rings. The number of nitrogens with zero attached hydrogens (tertiary/aromatic N) is 1. The molecule has 0 aromatic heterocycles. The van der Waals surface area contributed by atoms with Crippen molar-refractivity contribution in [2.75, 3.05) is 25.2 Å². The molecule has 0 spiro atoms. The normalized spacial score (nSPS) is 15.3. The lowest BCUT2D eigenvalue weighted by Crippen LogP contribution is -2.48. The van der Waals surface area contributed by atoms with Crippen LogP contribution in [0.2, 0.25) is 0 Å². The summed E-state index contributed by atoms with van der Waals surface area (Å²) in [6.07, 6.45) is 3.28. The third kappa shape index (κ3) is 5.92. The average Bonchev–Trinajstić information content (AvgIpc) is 3.32. The number of hydrogen-bond donors (Lipinski definition) is 2. The molecule has 2 aliphatic heterocycles. The molecule has 0 unspecified atom stereocenters. The predicted octanol–water partition coefficient (Wildman–Crippen LogP) is 4.54. The maximum Gasteiger partial charge on any atom is 0.319 e. The molecule has 34 heavy (non-hydrogen) atoms. The first-order valence-corrected chi connectivity index (χ1v) is 12.0. The Kier molecular flexibility index (Phi) is 7.77. The van der Waals surface area contributed by atoms with Crippen LogP contribution < -0.4 is 24.8 Å². The third-order valence-corrected chi connectivity index (χ3v) is 6.41. The highest BCUT2D eigenvalue weighted by Crippen LogP contribution is 2.35. The molecule has 0 saturated carbocycles. The second kappa shape index (κ2) is 11.1. The zero-order chi connectivity index (χ0) is 23.9. The van der Waals surface area contributed by atoms with Gasteiger partial charge in [0.05, 0.1) is 0 Å². The number of benzene rings is 2. The second-order valence-corrected chi connectivity index (χ2v) is 8.72. The van der Waals surface area contributed by atoms with Crippen LogP contribution in [0.5, 0.6) is 17.2 Å². The van der Waals surface area contributed by atoms with Crippen LogP contribution in [0.1, 0.15) is 45.1 Å². The number of ether oxygens (including phenoxy) is 3. The first-order chi connectivity index (χ1) is 16.6. The minimum Gasteiger partial charge on any atom is -0.489 e. The second-order valence-electron chi connectivity index (χ2n) is 8.72. The Morgan fingerprint density at radius 1 is 1.06 bits per heavy atom. The Morgan fingerprint density at radius 3 is 2.59 bits per heavy atom. The molecule has 2 N–H and O–H groups in total. The summed E-state index contributed by atoms with van der Waals surface area (Å²) in [4.78, 5) is 27.0. The third-order valence-electron chi connectivity index (χ3n) is 6.41. The van der Waals surface area contributed by atoms with E-state index in [0.717, 1.165) is 31.2 Å². The van der Waals surface area contributed by atoms with Gasteiger partial charge in [0.2, 0.25) is 12.7 Å². The number of rotatable bonds is 8. The number of nitrogens with one attached hydrogen (secondary N) is 2. The summed E-state index contributed by atoms with van der Waals surface area (Å²) in [7, 11) is 0. The van der Waals surface area contributed by atoms with Crippen LogP contribution in [0.15, 0.2) is 42.5 Å². The molecule has 0 radical (unpaired) electrons. The Hall–Kier alpha value is -3.42. The van der Waals surface area contributed by atoms with Gasteiger partial charge in [0.1, 0.15) is 12.4 Å². The van der Waals surface area contributed by atoms with E-state index >= 15 is 0 Å². The first kappa shape index (κ1) is 23.7.